The molecule has 1 fully saturated rings. The van der Waals surface area contributed by atoms with Gasteiger partial charge in [0.2, 0.25) is 5.91 Å². The average Bonchev–Trinajstić information content (AvgIpc) is 3.37. The summed E-state index contributed by atoms with van der Waals surface area (Å²) in [6, 6.07) is 16.7. The topological polar surface area (TPSA) is 93.2 Å². The maximum atomic E-state index is 11.5. The fourth-order valence-electron chi connectivity index (χ4n) is 4.49. The highest BCUT2D eigenvalue weighted by Gasteiger charge is 2.20. The van der Waals surface area contributed by atoms with Crippen LogP contribution in [0.2, 0.25) is 10.0 Å². The van der Waals surface area contributed by atoms with Gasteiger partial charge in [0.25, 0.3) is 0 Å². The maximum absolute atomic E-state index is 11.5. The minimum absolute atomic E-state index is 0.0244. The van der Waals surface area contributed by atoms with Crippen LogP contribution in [0.1, 0.15) is 28.8 Å². The molecule has 192 valence electrons. The van der Waals surface area contributed by atoms with Crippen LogP contribution in [0, 0.1) is 0 Å². The number of hydrogen-bond donors (Lipinski definition) is 2. The van der Waals surface area contributed by atoms with Crippen molar-refractivity contribution < 1.29 is 14.3 Å². The SMILES string of the molecule is COc1cc(-c2nccc(-c3cccc(-c4cc(CN[C@@H]5CCC(=O)N5)ccn4)c3Cl)c2Cl)ccc1C=O. The van der Waals surface area contributed by atoms with Crippen molar-refractivity contribution in [3.05, 3.63) is 88.2 Å². The van der Waals surface area contributed by atoms with Crippen molar-refractivity contribution in [3.63, 3.8) is 0 Å². The Labute approximate surface area is 230 Å². The minimum atomic E-state index is -0.0244. The van der Waals surface area contributed by atoms with E-state index in [9.17, 15) is 9.59 Å². The monoisotopic (exact) mass is 546 g/mol. The molecule has 0 unspecified atom stereocenters. The van der Waals surface area contributed by atoms with Gasteiger partial charge in [-0.1, -0.05) is 47.5 Å². The van der Waals surface area contributed by atoms with Crippen LogP contribution in [-0.2, 0) is 11.3 Å². The van der Waals surface area contributed by atoms with Crippen LogP contribution in [0.5, 0.6) is 5.75 Å². The number of nitrogens with zero attached hydrogens (tertiary/aromatic N) is 2. The quantitative estimate of drug-likeness (QED) is 0.266. The summed E-state index contributed by atoms with van der Waals surface area (Å²) in [6.45, 7) is 0.587. The molecule has 1 amide bonds. The van der Waals surface area contributed by atoms with Crippen LogP contribution < -0.4 is 15.4 Å². The van der Waals surface area contributed by atoms with Crippen LogP contribution in [0.15, 0.2) is 67.0 Å². The van der Waals surface area contributed by atoms with Crippen LogP contribution in [0.3, 0.4) is 0 Å². The first-order chi connectivity index (χ1) is 18.5. The zero-order valence-corrected chi connectivity index (χ0v) is 22.0. The summed E-state index contributed by atoms with van der Waals surface area (Å²) >= 11 is 13.8. The predicted octanol–water partition coefficient (Wildman–Crippen LogP) is 5.93. The molecule has 0 aliphatic carbocycles. The zero-order chi connectivity index (χ0) is 26.6. The van der Waals surface area contributed by atoms with E-state index >= 15 is 0 Å². The Morgan fingerprint density at radius 1 is 1.03 bits per heavy atom. The second-order valence-corrected chi connectivity index (χ2v) is 9.61. The lowest BCUT2D eigenvalue weighted by Gasteiger charge is -2.15. The number of carbonyl (C=O) groups excluding carboxylic acids is 2. The van der Waals surface area contributed by atoms with Gasteiger partial charge >= 0.3 is 0 Å². The lowest BCUT2D eigenvalue weighted by atomic mass is 9.99. The molecule has 2 aromatic carbocycles. The van der Waals surface area contributed by atoms with Crippen LogP contribution in [0.4, 0.5) is 0 Å². The number of hydrogen-bond acceptors (Lipinski definition) is 6. The number of pyridine rings is 2. The zero-order valence-electron chi connectivity index (χ0n) is 20.5. The Morgan fingerprint density at radius 3 is 2.58 bits per heavy atom. The van der Waals surface area contributed by atoms with Gasteiger partial charge < -0.3 is 10.1 Å². The van der Waals surface area contributed by atoms with E-state index in [0.717, 1.165) is 40.7 Å². The number of methoxy groups -OCH3 is 1. The van der Waals surface area contributed by atoms with E-state index in [0.29, 0.717) is 45.6 Å². The van der Waals surface area contributed by atoms with Crippen LogP contribution in [-0.4, -0.2) is 35.4 Å². The number of nitrogens with one attached hydrogen (secondary N) is 2. The summed E-state index contributed by atoms with van der Waals surface area (Å²) in [5, 5.41) is 7.21. The number of carbonyl (C=O) groups is 2. The molecule has 0 radical (unpaired) electrons. The van der Waals surface area contributed by atoms with Gasteiger partial charge in [0.1, 0.15) is 5.75 Å². The maximum Gasteiger partial charge on any atom is 0.221 e. The number of rotatable bonds is 8. The van der Waals surface area contributed by atoms with Crippen molar-refractivity contribution in [1.29, 1.82) is 0 Å². The van der Waals surface area contributed by atoms with Gasteiger partial charge in [0.05, 0.1) is 40.3 Å². The lowest BCUT2D eigenvalue weighted by Crippen LogP contribution is -2.38. The molecule has 7 nitrogen and oxygen atoms in total. The Morgan fingerprint density at radius 2 is 1.82 bits per heavy atom. The van der Waals surface area contributed by atoms with Gasteiger partial charge in [-0.25, -0.2) is 0 Å². The summed E-state index contributed by atoms with van der Waals surface area (Å²) < 4.78 is 5.34. The number of aldehydes is 1. The number of halogens is 2. The molecule has 1 aliphatic rings. The molecule has 0 bridgehead atoms. The van der Waals surface area contributed by atoms with Crippen LogP contribution >= 0.6 is 23.2 Å². The summed E-state index contributed by atoms with van der Waals surface area (Å²) in [5.74, 6) is 0.508. The van der Waals surface area contributed by atoms with E-state index in [1.807, 2.05) is 36.4 Å². The van der Waals surface area contributed by atoms with E-state index in [2.05, 4.69) is 20.6 Å². The molecule has 0 spiro atoms. The minimum Gasteiger partial charge on any atom is -0.496 e. The summed E-state index contributed by atoms with van der Waals surface area (Å²) in [4.78, 5) is 31.8. The van der Waals surface area contributed by atoms with Crippen molar-refractivity contribution >= 4 is 35.4 Å². The first kappa shape index (κ1) is 25.9. The second kappa shape index (κ2) is 11.3. The van der Waals surface area contributed by atoms with Crippen molar-refractivity contribution in [1.82, 2.24) is 20.6 Å². The third kappa shape index (κ3) is 5.27. The normalized spacial score (nSPS) is 14.8. The summed E-state index contributed by atoms with van der Waals surface area (Å²) in [7, 11) is 1.51. The summed E-state index contributed by atoms with van der Waals surface area (Å²) in [5.41, 5.74) is 5.69. The third-order valence-electron chi connectivity index (χ3n) is 6.46. The Hall–Kier alpha value is -3.78. The van der Waals surface area contributed by atoms with Gasteiger partial charge in [-0.05, 0) is 42.3 Å². The first-order valence-electron chi connectivity index (χ1n) is 12.0. The van der Waals surface area contributed by atoms with Gasteiger partial charge in [-0.2, -0.15) is 0 Å². The van der Waals surface area contributed by atoms with E-state index in [1.165, 1.54) is 7.11 Å². The standard InChI is InChI=1S/C29H24Cl2N4O3/c1-38-24-14-18(5-6-19(24)16-36)29-28(31)21(10-12-33-29)20-3-2-4-22(27(20)30)23-13-17(9-11-32-23)15-34-25-7-8-26(37)35-25/h2-6,9-14,16,25,34H,7-8,15H2,1H3,(H,35,37)/t25-/m0/s1. The lowest BCUT2D eigenvalue weighted by molar-refractivity contribution is -0.119. The van der Waals surface area contributed by atoms with Crippen molar-refractivity contribution in [2.24, 2.45) is 0 Å². The van der Waals surface area contributed by atoms with Crippen molar-refractivity contribution in [3.8, 4) is 39.4 Å². The third-order valence-corrected chi connectivity index (χ3v) is 7.25. The highest BCUT2D eigenvalue weighted by Crippen LogP contribution is 2.41. The fraction of sp³-hybridized carbons (Fsp3) is 0.172. The molecule has 2 N–H and O–H groups in total. The molecule has 2 aromatic heterocycles. The van der Waals surface area contributed by atoms with E-state index in [1.54, 1.807) is 30.6 Å². The number of ether oxygens (including phenoxy) is 1. The van der Waals surface area contributed by atoms with E-state index in [-0.39, 0.29) is 12.1 Å². The number of benzene rings is 2. The molecule has 1 aliphatic heterocycles. The molecule has 9 heteroatoms. The van der Waals surface area contributed by atoms with Gasteiger partial charge in [-0.15, -0.1) is 0 Å². The highest BCUT2D eigenvalue weighted by atomic mass is 35.5. The van der Waals surface area contributed by atoms with E-state index < -0.39 is 0 Å². The molecule has 1 saturated heterocycles. The van der Waals surface area contributed by atoms with Crippen LogP contribution in [0.25, 0.3) is 33.6 Å². The molecule has 5 rings (SSSR count). The largest absolute Gasteiger partial charge is 0.496 e. The Bertz CT molecular complexity index is 1530. The molecular formula is C29H24Cl2N4O3. The van der Waals surface area contributed by atoms with E-state index in [4.69, 9.17) is 27.9 Å². The summed E-state index contributed by atoms with van der Waals surface area (Å²) in [6.07, 6.45) is 5.45. The smallest absolute Gasteiger partial charge is 0.221 e. The molecule has 1 atom stereocenters. The van der Waals surface area contributed by atoms with Gasteiger partial charge in [0, 0.05) is 47.6 Å². The van der Waals surface area contributed by atoms with Gasteiger partial charge in [-0.3, -0.25) is 24.9 Å². The number of amides is 1. The Kier molecular flexibility index (Phi) is 7.69. The molecule has 0 saturated carbocycles. The number of aromatic nitrogens is 2. The predicted molar refractivity (Wildman–Crippen MR) is 148 cm³/mol. The highest BCUT2D eigenvalue weighted by molar-refractivity contribution is 6.39. The molecule has 38 heavy (non-hydrogen) atoms. The Balaban J connectivity index is 1.47. The average molecular weight is 547 g/mol. The fourth-order valence-corrected chi connectivity index (χ4v) is 5.13. The molecule has 3 heterocycles. The second-order valence-electron chi connectivity index (χ2n) is 8.85. The van der Waals surface area contributed by atoms with Crippen molar-refractivity contribution in [2.75, 3.05) is 7.11 Å². The van der Waals surface area contributed by atoms with Crippen molar-refractivity contribution in [2.45, 2.75) is 25.6 Å². The molecular weight excluding hydrogens is 523 g/mol. The molecule has 4 aromatic rings. The van der Waals surface area contributed by atoms with Gasteiger partial charge in [0.15, 0.2) is 6.29 Å². The first-order valence-corrected chi connectivity index (χ1v) is 12.8.